The van der Waals surface area contributed by atoms with E-state index in [-0.39, 0.29) is 11.9 Å². The Hall–Kier alpha value is -0.290. The lowest BCUT2D eigenvalue weighted by Crippen LogP contribution is -2.33. The van der Waals surface area contributed by atoms with Crippen molar-refractivity contribution in [3.05, 3.63) is 0 Å². The molecule has 0 aliphatic carbocycles. The number of carbonyl (C=O) groups excluding carboxylic acids is 1. The summed E-state index contributed by atoms with van der Waals surface area (Å²) in [7, 11) is 0. The van der Waals surface area contributed by atoms with E-state index in [1.807, 2.05) is 0 Å². The molecule has 0 bridgehead atoms. The van der Waals surface area contributed by atoms with Gasteiger partial charge in [-0.3, -0.25) is 0 Å². The van der Waals surface area contributed by atoms with Gasteiger partial charge in [0, 0.05) is 0 Å². The highest BCUT2D eigenvalue weighted by molar-refractivity contribution is 8.01. The topological polar surface area (TPSA) is 35.5 Å². The maximum Gasteiger partial charge on any atom is 0.351 e. The fourth-order valence-corrected chi connectivity index (χ4v) is 1.59. The van der Waals surface area contributed by atoms with Crippen LogP contribution in [-0.2, 0) is 14.3 Å². The predicted molar refractivity (Wildman–Crippen MR) is 43.7 cm³/mol. The number of alkyl halides is 1. The van der Waals surface area contributed by atoms with Crippen molar-refractivity contribution in [3.63, 3.8) is 0 Å². The lowest BCUT2D eigenvalue weighted by molar-refractivity contribution is -0.145. The monoisotopic (exact) mass is 194 g/mol. The van der Waals surface area contributed by atoms with Crippen LogP contribution in [0.2, 0.25) is 0 Å². The van der Waals surface area contributed by atoms with Gasteiger partial charge in [0.2, 0.25) is 5.50 Å². The standard InChI is InChI=1S/C7H11FO3S/c1-2-11-7(9)6(8)12-5-3-10-4-5/h5-6H,2-4H2,1H3. The summed E-state index contributed by atoms with van der Waals surface area (Å²) in [6, 6.07) is 0. The van der Waals surface area contributed by atoms with Gasteiger partial charge in [-0.2, -0.15) is 0 Å². The summed E-state index contributed by atoms with van der Waals surface area (Å²) in [5, 5.41) is 0.115. The zero-order chi connectivity index (χ0) is 8.97. The molecule has 0 spiro atoms. The summed E-state index contributed by atoms with van der Waals surface area (Å²) in [6.45, 7) is 2.94. The van der Waals surface area contributed by atoms with Crippen molar-refractivity contribution < 1.29 is 18.7 Å². The molecule has 1 rings (SSSR count). The quantitative estimate of drug-likeness (QED) is 0.625. The van der Waals surface area contributed by atoms with Crippen LogP contribution < -0.4 is 0 Å². The highest BCUT2D eigenvalue weighted by Gasteiger charge is 2.28. The first kappa shape index (κ1) is 9.80. The maximum absolute atomic E-state index is 12.9. The maximum atomic E-state index is 12.9. The molecule has 1 fully saturated rings. The first-order valence-corrected chi connectivity index (χ1v) is 4.72. The summed E-state index contributed by atoms with van der Waals surface area (Å²) in [6.07, 6.45) is 0. The highest BCUT2D eigenvalue weighted by Crippen LogP contribution is 2.25. The van der Waals surface area contributed by atoms with Crippen molar-refractivity contribution >= 4 is 17.7 Å². The van der Waals surface area contributed by atoms with E-state index in [0.29, 0.717) is 13.2 Å². The molecule has 1 aliphatic rings. The van der Waals surface area contributed by atoms with Crippen LogP contribution >= 0.6 is 11.8 Å². The Kier molecular flexibility index (Phi) is 3.81. The highest BCUT2D eigenvalue weighted by atomic mass is 32.2. The minimum absolute atomic E-state index is 0.115. The molecule has 3 nitrogen and oxygen atoms in total. The first-order chi connectivity index (χ1) is 5.74. The third-order valence-corrected chi connectivity index (χ3v) is 2.48. The molecule has 1 heterocycles. The molecule has 0 aromatic heterocycles. The summed E-state index contributed by atoms with van der Waals surface area (Å²) in [5.74, 6) is -0.783. The number of thioether (sulfide) groups is 1. The number of esters is 1. The Morgan fingerprint density at radius 3 is 2.92 bits per heavy atom. The molecule has 0 amide bonds. The third kappa shape index (κ3) is 2.64. The Labute approximate surface area is 74.6 Å². The van der Waals surface area contributed by atoms with Gasteiger partial charge >= 0.3 is 5.97 Å². The number of halogens is 1. The Morgan fingerprint density at radius 2 is 2.50 bits per heavy atom. The minimum atomic E-state index is -1.56. The van der Waals surface area contributed by atoms with E-state index in [0.717, 1.165) is 11.8 Å². The zero-order valence-electron chi connectivity index (χ0n) is 6.79. The van der Waals surface area contributed by atoms with Crippen LogP contribution in [0.25, 0.3) is 0 Å². The molecule has 5 heteroatoms. The largest absolute Gasteiger partial charge is 0.463 e. The van der Waals surface area contributed by atoms with Crippen LogP contribution in [0.4, 0.5) is 4.39 Å². The minimum Gasteiger partial charge on any atom is -0.463 e. The molecule has 0 aromatic rings. The van der Waals surface area contributed by atoms with Gasteiger partial charge in [0.25, 0.3) is 0 Å². The molecular formula is C7H11FO3S. The van der Waals surface area contributed by atoms with Gasteiger partial charge in [0.1, 0.15) is 0 Å². The van der Waals surface area contributed by atoms with Gasteiger partial charge in [-0.25, -0.2) is 9.18 Å². The van der Waals surface area contributed by atoms with Gasteiger partial charge in [-0.05, 0) is 6.92 Å². The summed E-state index contributed by atoms with van der Waals surface area (Å²) < 4.78 is 22.2. The molecule has 12 heavy (non-hydrogen) atoms. The molecule has 0 saturated carbocycles. The van der Waals surface area contributed by atoms with Gasteiger partial charge in [-0.1, -0.05) is 0 Å². The normalized spacial score (nSPS) is 19.8. The van der Waals surface area contributed by atoms with E-state index < -0.39 is 11.5 Å². The zero-order valence-corrected chi connectivity index (χ0v) is 7.60. The van der Waals surface area contributed by atoms with Gasteiger partial charge < -0.3 is 9.47 Å². The van der Waals surface area contributed by atoms with Crippen molar-refractivity contribution in [1.82, 2.24) is 0 Å². The fraction of sp³-hybridized carbons (Fsp3) is 0.857. The van der Waals surface area contributed by atoms with E-state index >= 15 is 0 Å². The lowest BCUT2D eigenvalue weighted by atomic mass is 10.4. The van der Waals surface area contributed by atoms with Crippen molar-refractivity contribution in [3.8, 4) is 0 Å². The average Bonchev–Trinajstić information content (AvgIpc) is 1.97. The summed E-state index contributed by atoms with van der Waals surface area (Å²) in [5.41, 5.74) is -1.56. The Balaban J connectivity index is 2.16. The van der Waals surface area contributed by atoms with Gasteiger partial charge in [0.05, 0.1) is 25.1 Å². The molecule has 0 aromatic carbocycles. The number of rotatable bonds is 4. The van der Waals surface area contributed by atoms with Crippen molar-refractivity contribution in [2.75, 3.05) is 19.8 Å². The Morgan fingerprint density at radius 1 is 1.83 bits per heavy atom. The van der Waals surface area contributed by atoms with Crippen LogP contribution in [0, 0.1) is 0 Å². The van der Waals surface area contributed by atoms with Crippen LogP contribution in [0.5, 0.6) is 0 Å². The summed E-state index contributed by atoms with van der Waals surface area (Å²) >= 11 is 0.968. The van der Waals surface area contributed by atoms with Crippen LogP contribution in [0.1, 0.15) is 6.92 Å². The van der Waals surface area contributed by atoms with E-state index in [4.69, 9.17) is 4.74 Å². The number of ether oxygens (including phenoxy) is 2. The smallest absolute Gasteiger partial charge is 0.351 e. The SMILES string of the molecule is CCOC(=O)C(F)SC1COC1. The van der Waals surface area contributed by atoms with Gasteiger partial charge in [-0.15, -0.1) is 11.8 Å². The molecule has 1 aliphatic heterocycles. The number of carbonyl (C=O) groups is 1. The molecule has 0 radical (unpaired) electrons. The van der Waals surface area contributed by atoms with Crippen LogP contribution in [-0.4, -0.2) is 36.5 Å². The molecule has 70 valence electrons. The second-order valence-electron chi connectivity index (χ2n) is 2.36. The molecule has 0 N–H and O–H groups in total. The van der Waals surface area contributed by atoms with E-state index in [1.165, 1.54) is 0 Å². The molecular weight excluding hydrogens is 183 g/mol. The third-order valence-electron chi connectivity index (χ3n) is 1.39. The predicted octanol–water partition coefficient (Wildman–Crippen LogP) is 0.977. The number of hydrogen-bond donors (Lipinski definition) is 0. The fourth-order valence-electron chi connectivity index (χ4n) is 0.725. The van der Waals surface area contributed by atoms with Crippen LogP contribution in [0.3, 0.4) is 0 Å². The van der Waals surface area contributed by atoms with Gasteiger partial charge in [0.15, 0.2) is 0 Å². The van der Waals surface area contributed by atoms with Crippen molar-refractivity contribution in [1.29, 1.82) is 0 Å². The van der Waals surface area contributed by atoms with E-state index in [2.05, 4.69) is 4.74 Å². The number of hydrogen-bond acceptors (Lipinski definition) is 4. The second kappa shape index (κ2) is 4.67. The second-order valence-corrected chi connectivity index (χ2v) is 3.72. The molecule has 1 unspecified atom stereocenters. The first-order valence-electron chi connectivity index (χ1n) is 3.78. The summed E-state index contributed by atoms with van der Waals surface area (Å²) in [4.78, 5) is 10.8. The van der Waals surface area contributed by atoms with Crippen LogP contribution in [0.15, 0.2) is 0 Å². The Bertz CT molecular complexity index is 161. The average molecular weight is 194 g/mol. The molecule has 1 saturated heterocycles. The van der Waals surface area contributed by atoms with Crippen molar-refractivity contribution in [2.24, 2.45) is 0 Å². The lowest BCUT2D eigenvalue weighted by Gasteiger charge is -2.25. The van der Waals surface area contributed by atoms with E-state index in [1.54, 1.807) is 6.92 Å². The molecule has 1 atom stereocenters. The van der Waals surface area contributed by atoms with Crippen molar-refractivity contribution in [2.45, 2.75) is 17.7 Å². The van der Waals surface area contributed by atoms with E-state index in [9.17, 15) is 9.18 Å².